The van der Waals surface area contributed by atoms with Crippen molar-refractivity contribution in [2.75, 3.05) is 0 Å². The zero-order valence-corrected chi connectivity index (χ0v) is 11.6. The Bertz CT molecular complexity index is 10.9. The Kier molecular flexibility index (Phi) is 584. The zero-order valence-electron chi connectivity index (χ0n) is 2.93. The van der Waals surface area contributed by atoms with Crippen molar-refractivity contribution in [3.8, 4) is 0 Å². The van der Waals surface area contributed by atoms with Gasteiger partial charge in [-0.05, 0) is 0 Å². The van der Waals surface area contributed by atoms with Crippen LogP contribution in [0.2, 0.25) is 0 Å². The Hall–Kier alpha value is 3.62. The van der Waals surface area contributed by atoms with Crippen molar-refractivity contribution >= 4 is 0 Å². The molecular formula is Fe2Nd2O3. The molecule has 0 fully saturated rings. The maximum Gasteiger partial charge on any atom is 3.00 e. The van der Waals surface area contributed by atoms with E-state index in [0.717, 1.165) is 0 Å². The van der Waals surface area contributed by atoms with Gasteiger partial charge in [0.2, 0.25) is 0 Å². The van der Waals surface area contributed by atoms with Crippen LogP contribution in [0, 0.1) is 81.7 Å². The van der Waals surface area contributed by atoms with Crippen molar-refractivity contribution in [3.63, 3.8) is 0 Å². The fourth-order valence-electron chi connectivity index (χ4n) is 0. The topological polar surface area (TPSA) is 85.5 Å². The van der Waals surface area contributed by atoms with Crippen LogP contribution in [-0.2, 0) is 50.6 Å². The number of rotatable bonds is 0. The zero-order chi connectivity index (χ0) is 0. The molecule has 0 N–H and O–H groups in total. The van der Waals surface area contributed by atoms with E-state index in [2.05, 4.69) is 0 Å². The van der Waals surface area contributed by atoms with Gasteiger partial charge in [-0.15, -0.1) is 0 Å². The molecule has 0 saturated carbocycles. The van der Waals surface area contributed by atoms with E-state index in [1.807, 2.05) is 0 Å². The summed E-state index contributed by atoms with van der Waals surface area (Å²) in [5, 5.41) is 0. The van der Waals surface area contributed by atoms with Crippen molar-refractivity contribution in [2.45, 2.75) is 0 Å². The van der Waals surface area contributed by atoms with Gasteiger partial charge >= 0.3 is 34.1 Å². The Morgan fingerprint density at radius 2 is 0.429 bits per heavy atom. The second-order valence-corrected chi connectivity index (χ2v) is 0. The predicted molar refractivity (Wildman–Crippen MR) is 2.06 cm³/mol. The Labute approximate surface area is 129 Å². The summed E-state index contributed by atoms with van der Waals surface area (Å²) >= 11 is 0. The molecule has 7 heteroatoms. The summed E-state index contributed by atoms with van der Waals surface area (Å²) in [6, 6.07) is 0. The van der Waals surface area contributed by atoms with Crippen molar-refractivity contribution in [1.82, 2.24) is 0 Å². The largest absolute Gasteiger partial charge is 3.00 e. The summed E-state index contributed by atoms with van der Waals surface area (Å²) in [4.78, 5) is 0. The van der Waals surface area contributed by atoms with Crippen molar-refractivity contribution in [1.29, 1.82) is 0 Å². The van der Waals surface area contributed by atoms with Crippen LogP contribution >= 0.6 is 0 Å². The molecular weight excluding hydrogens is 448 g/mol. The molecule has 0 spiro atoms. The van der Waals surface area contributed by atoms with Crippen LogP contribution in [0.15, 0.2) is 0 Å². The minimum absolute atomic E-state index is 0. The smallest absolute Gasteiger partial charge is 2.00 e. The molecule has 7 heavy (non-hydrogen) atoms. The van der Waals surface area contributed by atoms with E-state index in [-0.39, 0.29) is 132 Å². The van der Waals surface area contributed by atoms with E-state index in [0.29, 0.717) is 0 Å². The predicted octanol–water partition coefficient (Wildman–Crippen LogP) is -0.361. The maximum atomic E-state index is 0. The third-order valence-electron chi connectivity index (χ3n) is 0. The molecule has 3 nitrogen and oxygen atoms in total. The molecule has 0 aliphatic heterocycles. The summed E-state index contributed by atoms with van der Waals surface area (Å²) in [6.07, 6.45) is 0. The first-order chi connectivity index (χ1) is 0. The van der Waals surface area contributed by atoms with E-state index < -0.39 is 0 Å². The molecule has 0 aromatic carbocycles. The fraction of sp³-hybridized carbons (Fsp3) is 0. The Balaban J connectivity index is 0. The van der Waals surface area contributed by atoms with Gasteiger partial charge in [-0.2, -0.15) is 0 Å². The summed E-state index contributed by atoms with van der Waals surface area (Å²) in [5.41, 5.74) is 0. The maximum absolute atomic E-state index is 0. The SMILES string of the molecule is [Fe+3].[Fe+3].[Nd].[Nd].[O-2].[O-2].[O-2]. The molecule has 42 valence electrons. The molecule has 0 heterocycles. The number of hydrogen-bond acceptors (Lipinski definition) is 0. The van der Waals surface area contributed by atoms with Crippen LogP contribution in [0.25, 0.3) is 0 Å². The minimum Gasteiger partial charge on any atom is -2.00 e. The molecule has 0 unspecified atom stereocenters. The molecule has 0 aliphatic rings. The monoisotopic (exact) mass is 444 g/mol. The van der Waals surface area contributed by atoms with Crippen molar-refractivity contribution in [3.05, 3.63) is 0 Å². The standard InChI is InChI=1S/2Fe.2Nd.3O/q2*+3;;;3*-2. The molecule has 2 radical (unpaired) electrons. The fourth-order valence-corrected chi connectivity index (χ4v) is 0. The number of hydrogen-bond donors (Lipinski definition) is 0. The van der Waals surface area contributed by atoms with Gasteiger partial charge < -0.3 is 16.4 Å². The van der Waals surface area contributed by atoms with Gasteiger partial charge in [-0.3, -0.25) is 0 Å². The van der Waals surface area contributed by atoms with Gasteiger partial charge in [-0.1, -0.05) is 0 Å². The van der Waals surface area contributed by atoms with Gasteiger partial charge in [0.05, 0.1) is 0 Å². The van der Waals surface area contributed by atoms with Crippen LogP contribution in [-0.4, -0.2) is 0 Å². The van der Waals surface area contributed by atoms with Crippen LogP contribution in [0.5, 0.6) is 0 Å². The average Bonchev–Trinajstić information content (AvgIpc) is 0. The van der Waals surface area contributed by atoms with Crippen LogP contribution in [0.4, 0.5) is 0 Å². The molecule has 0 saturated heterocycles. The Morgan fingerprint density at radius 3 is 0.429 bits per heavy atom. The van der Waals surface area contributed by atoms with Crippen LogP contribution in [0.1, 0.15) is 0 Å². The van der Waals surface area contributed by atoms with Gasteiger partial charge in [0, 0.05) is 81.7 Å². The average molecular weight is 448 g/mol. The van der Waals surface area contributed by atoms with Gasteiger partial charge in [0.25, 0.3) is 0 Å². The third kappa shape index (κ3) is 42.6. The van der Waals surface area contributed by atoms with E-state index in [1.165, 1.54) is 0 Å². The van der Waals surface area contributed by atoms with E-state index in [9.17, 15) is 0 Å². The molecule has 0 bridgehead atoms. The van der Waals surface area contributed by atoms with Crippen LogP contribution in [0.3, 0.4) is 0 Å². The first kappa shape index (κ1) is 75.0. The van der Waals surface area contributed by atoms with Crippen molar-refractivity contribution < 1.29 is 132 Å². The first-order valence-electron chi connectivity index (χ1n) is 0. The molecule has 0 aromatic heterocycles. The summed E-state index contributed by atoms with van der Waals surface area (Å²) in [6.45, 7) is 0. The molecule has 0 aliphatic carbocycles. The first-order valence-corrected chi connectivity index (χ1v) is 0. The Morgan fingerprint density at radius 1 is 0.429 bits per heavy atom. The third-order valence-corrected chi connectivity index (χ3v) is 0. The summed E-state index contributed by atoms with van der Waals surface area (Å²) in [7, 11) is 0. The summed E-state index contributed by atoms with van der Waals surface area (Å²) < 4.78 is 0. The normalized spacial score (nSPS) is 0. The quantitative estimate of drug-likeness (QED) is 0.454. The minimum atomic E-state index is 0. The van der Waals surface area contributed by atoms with E-state index in [4.69, 9.17) is 0 Å². The van der Waals surface area contributed by atoms with Gasteiger partial charge in [-0.25, -0.2) is 0 Å². The van der Waals surface area contributed by atoms with Gasteiger partial charge in [0.15, 0.2) is 0 Å². The second-order valence-electron chi connectivity index (χ2n) is 0. The molecule has 0 rings (SSSR count). The second kappa shape index (κ2) is 54.5. The molecule has 0 amide bonds. The van der Waals surface area contributed by atoms with Crippen LogP contribution < -0.4 is 0 Å². The molecule has 0 aromatic rings. The van der Waals surface area contributed by atoms with Crippen molar-refractivity contribution in [2.24, 2.45) is 0 Å². The summed E-state index contributed by atoms with van der Waals surface area (Å²) in [5.74, 6) is 0. The van der Waals surface area contributed by atoms with E-state index in [1.54, 1.807) is 0 Å². The van der Waals surface area contributed by atoms with Gasteiger partial charge in [0.1, 0.15) is 0 Å². The van der Waals surface area contributed by atoms with E-state index >= 15 is 0 Å². The molecule has 0 atom stereocenters.